The van der Waals surface area contributed by atoms with Crippen LogP contribution in [0.3, 0.4) is 0 Å². The summed E-state index contributed by atoms with van der Waals surface area (Å²) in [5, 5.41) is 16.5. The van der Waals surface area contributed by atoms with E-state index in [2.05, 4.69) is 23.3 Å². The Morgan fingerprint density at radius 1 is 1.28 bits per heavy atom. The first kappa shape index (κ1) is 22.1. The predicted octanol–water partition coefficient (Wildman–Crippen LogP) is 2.47. The highest BCUT2D eigenvalue weighted by Crippen LogP contribution is 2.24. The summed E-state index contributed by atoms with van der Waals surface area (Å²) in [5.74, 6) is -0.934. The number of thiol groups is 1. The Morgan fingerprint density at radius 3 is 2.40 bits per heavy atom. The Bertz CT molecular complexity index is 628. The predicted molar refractivity (Wildman–Crippen MR) is 104 cm³/mol. The fraction of sp³-hybridized carbons (Fsp3) is 0.529. The summed E-state index contributed by atoms with van der Waals surface area (Å²) < 4.78 is 0. The summed E-state index contributed by atoms with van der Waals surface area (Å²) in [7, 11) is 1.48. The van der Waals surface area contributed by atoms with Crippen LogP contribution in [-0.4, -0.2) is 41.4 Å². The number of carbonyl (C=O) groups excluding carboxylic acids is 2. The van der Waals surface area contributed by atoms with Gasteiger partial charge in [-0.2, -0.15) is 12.6 Å². The number of rotatable bonds is 8. The minimum absolute atomic E-state index is 0.0374. The van der Waals surface area contributed by atoms with Gasteiger partial charge in [-0.25, -0.2) is 0 Å². The van der Waals surface area contributed by atoms with Crippen LogP contribution in [0.5, 0.6) is 0 Å². The lowest BCUT2D eigenvalue weighted by Gasteiger charge is -2.29. The highest BCUT2D eigenvalue weighted by atomic mass is 35.5. The average molecular weight is 407 g/mol. The number of hydrogen-bond donors (Lipinski definition) is 4. The van der Waals surface area contributed by atoms with Gasteiger partial charge in [0.05, 0.1) is 10.0 Å². The lowest BCUT2D eigenvalue weighted by atomic mass is 9.92. The topological polar surface area (TPSA) is 78.4 Å². The van der Waals surface area contributed by atoms with E-state index in [1.165, 1.54) is 7.05 Å². The van der Waals surface area contributed by atoms with Gasteiger partial charge in [-0.3, -0.25) is 9.59 Å². The van der Waals surface area contributed by atoms with E-state index in [4.69, 9.17) is 23.2 Å². The number of nitrogens with one attached hydrogen (secondary N) is 2. The molecule has 0 aliphatic heterocycles. The average Bonchev–Trinajstić information content (AvgIpc) is 2.55. The van der Waals surface area contributed by atoms with Gasteiger partial charge >= 0.3 is 0 Å². The number of aliphatic hydroxyl groups is 1. The molecule has 0 aliphatic rings. The Balaban J connectivity index is 2.97. The van der Waals surface area contributed by atoms with Crippen molar-refractivity contribution in [3.8, 4) is 0 Å². The monoisotopic (exact) mass is 406 g/mol. The van der Waals surface area contributed by atoms with Crippen LogP contribution in [0.2, 0.25) is 10.0 Å². The van der Waals surface area contributed by atoms with E-state index in [1.807, 2.05) is 13.8 Å². The molecule has 2 atom stereocenters. The molecule has 0 saturated carbocycles. The van der Waals surface area contributed by atoms with Gasteiger partial charge in [-0.15, -0.1) is 0 Å². The van der Waals surface area contributed by atoms with Gasteiger partial charge in [0, 0.05) is 19.2 Å². The van der Waals surface area contributed by atoms with Crippen LogP contribution in [0.25, 0.3) is 0 Å². The summed E-state index contributed by atoms with van der Waals surface area (Å²) in [6.45, 7) is 3.79. The quantitative estimate of drug-likeness (QED) is 0.500. The van der Waals surface area contributed by atoms with Crippen LogP contribution >= 0.6 is 35.8 Å². The summed E-state index contributed by atoms with van der Waals surface area (Å²) >= 11 is 16.0. The first-order valence-corrected chi connectivity index (χ1v) is 9.31. The van der Waals surface area contributed by atoms with Crippen molar-refractivity contribution in [2.24, 2.45) is 5.92 Å². The summed E-state index contributed by atoms with van der Waals surface area (Å²) in [6, 6.07) is 4.15. The number of likely N-dealkylation sites (N-methyl/N-ethyl adjacent to an activating group) is 1. The molecule has 2 amide bonds. The molecule has 0 heterocycles. The Labute approximate surface area is 163 Å². The SMILES string of the molecule is CNC(=O)C(Cc1ccc(Cl)c(Cl)c1)NC(=O)C(O)(CS)CC(C)C. The van der Waals surface area contributed by atoms with Gasteiger partial charge in [0.15, 0.2) is 5.60 Å². The minimum Gasteiger partial charge on any atom is -0.379 e. The van der Waals surface area contributed by atoms with Gasteiger partial charge in [-0.05, 0) is 30.0 Å². The van der Waals surface area contributed by atoms with Crippen LogP contribution in [0, 0.1) is 5.92 Å². The van der Waals surface area contributed by atoms with Crippen molar-refractivity contribution >= 4 is 47.6 Å². The number of hydrogen-bond acceptors (Lipinski definition) is 4. The lowest BCUT2D eigenvalue weighted by Crippen LogP contribution is -2.56. The molecule has 0 fully saturated rings. The Hall–Kier alpha value is -0.950. The first-order valence-electron chi connectivity index (χ1n) is 7.92. The van der Waals surface area contributed by atoms with Crippen LogP contribution in [0.15, 0.2) is 18.2 Å². The van der Waals surface area contributed by atoms with Crippen molar-refractivity contribution in [2.45, 2.75) is 38.3 Å². The second kappa shape index (κ2) is 9.67. The molecule has 0 saturated heterocycles. The molecule has 1 aromatic rings. The molecule has 0 aromatic heterocycles. The van der Waals surface area contributed by atoms with Crippen LogP contribution in [0.1, 0.15) is 25.8 Å². The molecular formula is C17H24Cl2N2O3S. The third-order valence-corrected chi connectivity index (χ3v) is 4.98. The molecule has 3 N–H and O–H groups in total. The van der Waals surface area contributed by atoms with Crippen molar-refractivity contribution in [1.29, 1.82) is 0 Å². The molecule has 140 valence electrons. The van der Waals surface area contributed by atoms with Gasteiger partial charge in [0.2, 0.25) is 5.91 Å². The zero-order valence-electron chi connectivity index (χ0n) is 14.5. The van der Waals surface area contributed by atoms with Gasteiger partial charge in [-0.1, -0.05) is 43.1 Å². The Kier molecular flexibility index (Phi) is 8.54. The van der Waals surface area contributed by atoms with Crippen molar-refractivity contribution in [3.63, 3.8) is 0 Å². The van der Waals surface area contributed by atoms with Crippen molar-refractivity contribution in [2.75, 3.05) is 12.8 Å². The molecule has 0 aliphatic carbocycles. The van der Waals surface area contributed by atoms with Crippen molar-refractivity contribution in [1.82, 2.24) is 10.6 Å². The normalized spacial score (nSPS) is 14.7. The summed E-state index contributed by atoms with van der Waals surface area (Å²) in [5.41, 5.74) is -0.900. The minimum atomic E-state index is -1.64. The van der Waals surface area contributed by atoms with E-state index in [-0.39, 0.29) is 30.4 Å². The second-order valence-corrected chi connectivity index (χ2v) is 7.51. The number of amides is 2. The highest BCUT2D eigenvalue weighted by molar-refractivity contribution is 7.80. The fourth-order valence-corrected chi connectivity index (χ4v) is 3.08. The molecule has 5 nitrogen and oxygen atoms in total. The van der Waals surface area contributed by atoms with Gasteiger partial charge in [0.25, 0.3) is 5.91 Å². The summed E-state index contributed by atoms with van der Waals surface area (Å²) in [6.07, 6.45) is 0.461. The molecule has 0 bridgehead atoms. The summed E-state index contributed by atoms with van der Waals surface area (Å²) in [4.78, 5) is 24.7. The van der Waals surface area contributed by atoms with Crippen molar-refractivity contribution < 1.29 is 14.7 Å². The molecule has 2 unspecified atom stereocenters. The maximum absolute atomic E-state index is 12.5. The van der Waals surface area contributed by atoms with E-state index in [0.29, 0.717) is 10.0 Å². The molecule has 8 heteroatoms. The van der Waals surface area contributed by atoms with Crippen LogP contribution in [-0.2, 0) is 16.0 Å². The highest BCUT2D eigenvalue weighted by Gasteiger charge is 2.37. The lowest BCUT2D eigenvalue weighted by molar-refractivity contribution is -0.141. The first-order chi connectivity index (χ1) is 11.6. The largest absolute Gasteiger partial charge is 0.379 e. The van der Waals surface area contributed by atoms with Gasteiger partial charge < -0.3 is 15.7 Å². The van der Waals surface area contributed by atoms with E-state index in [1.54, 1.807) is 18.2 Å². The molecule has 0 spiro atoms. The van der Waals surface area contributed by atoms with E-state index in [0.717, 1.165) is 5.56 Å². The molecule has 1 rings (SSSR count). The van der Waals surface area contributed by atoms with Crippen LogP contribution < -0.4 is 10.6 Å². The van der Waals surface area contributed by atoms with Gasteiger partial charge in [0.1, 0.15) is 6.04 Å². The third-order valence-electron chi connectivity index (χ3n) is 3.72. The fourth-order valence-electron chi connectivity index (χ4n) is 2.48. The maximum atomic E-state index is 12.5. The molecule has 25 heavy (non-hydrogen) atoms. The zero-order chi connectivity index (χ0) is 19.2. The molecule has 0 radical (unpaired) electrons. The molecular weight excluding hydrogens is 383 g/mol. The van der Waals surface area contributed by atoms with E-state index >= 15 is 0 Å². The molecule has 1 aromatic carbocycles. The number of halogens is 2. The zero-order valence-corrected chi connectivity index (χ0v) is 16.9. The van der Waals surface area contributed by atoms with E-state index < -0.39 is 17.6 Å². The Morgan fingerprint density at radius 2 is 1.92 bits per heavy atom. The standard InChI is InChI=1S/C17H24Cl2N2O3S/c1-10(2)8-17(24,9-25)16(23)21-14(15(22)20-3)7-11-4-5-12(18)13(19)6-11/h4-6,10,14,24-25H,7-9H2,1-3H3,(H,20,22)(H,21,23). The second-order valence-electron chi connectivity index (χ2n) is 6.38. The van der Waals surface area contributed by atoms with Crippen LogP contribution in [0.4, 0.5) is 0 Å². The number of benzene rings is 1. The number of carbonyl (C=O) groups is 2. The van der Waals surface area contributed by atoms with E-state index in [9.17, 15) is 14.7 Å². The smallest absolute Gasteiger partial charge is 0.253 e. The van der Waals surface area contributed by atoms with Crippen molar-refractivity contribution in [3.05, 3.63) is 33.8 Å². The third kappa shape index (κ3) is 6.37. The maximum Gasteiger partial charge on any atom is 0.253 e.